The van der Waals surface area contributed by atoms with Crippen LogP contribution in [-0.4, -0.2) is 44.9 Å². The smallest absolute Gasteiger partial charge is 0.407 e. The number of nitro groups is 1. The van der Waals surface area contributed by atoms with Crippen molar-refractivity contribution in [1.29, 1.82) is 0 Å². The number of rotatable bonds is 7. The molecule has 0 aliphatic heterocycles. The number of non-ortho nitro benzene ring substituents is 1. The van der Waals surface area contributed by atoms with E-state index in [4.69, 9.17) is 9.84 Å². The molecule has 0 unspecified atom stereocenters. The molecule has 0 saturated carbocycles. The maximum atomic E-state index is 11.9. The Morgan fingerprint density at radius 2 is 2.00 bits per heavy atom. The molecule has 0 bridgehead atoms. The summed E-state index contributed by atoms with van der Waals surface area (Å²) in [5, 5.41) is 32.2. The van der Waals surface area contributed by atoms with Gasteiger partial charge in [-0.15, -0.1) is 0 Å². The molecule has 138 valence electrons. The molecule has 0 aromatic heterocycles. The number of amides is 1. The highest BCUT2D eigenvalue weighted by Crippen LogP contribution is 2.17. The van der Waals surface area contributed by atoms with Crippen LogP contribution in [0.15, 0.2) is 24.3 Å². The van der Waals surface area contributed by atoms with E-state index < -0.39 is 41.2 Å². The van der Waals surface area contributed by atoms with Crippen molar-refractivity contribution in [2.75, 3.05) is 0 Å². The Kier molecular flexibility index (Phi) is 6.86. The van der Waals surface area contributed by atoms with Crippen LogP contribution in [0.25, 0.3) is 0 Å². The van der Waals surface area contributed by atoms with Crippen LogP contribution >= 0.6 is 0 Å². The molecule has 1 aromatic carbocycles. The second-order valence-electron chi connectivity index (χ2n) is 6.55. The first kappa shape index (κ1) is 20.4. The van der Waals surface area contributed by atoms with Crippen molar-refractivity contribution in [2.24, 2.45) is 0 Å². The summed E-state index contributed by atoms with van der Waals surface area (Å²) in [6.45, 7) is 4.99. The van der Waals surface area contributed by atoms with Gasteiger partial charge in [-0.1, -0.05) is 12.1 Å². The Morgan fingerprint density at radius 3 is 2.52 bits per heavy atom. The van der Waals surface area contributed by atoms with Gasteiger partial charge in [0.25, 0.3) is 5.69 Å². The zero-order valence-electron chi connectivity index (χ0n) is 14.3. The molecule has 1 amide bonds. The first-order chi connectivity index (χ1) is 11.5. The zero-order chi connectivity index (χ0) is 19.2. The third-order valence-corrected chi connectivity index (χ3v) is 3.13. The SMILES string of the molecule is CC(C)(C)OC(=O)N[C@@H](Cc1cccc([N+](=O)[O-])c1)[C@@H](O)CC(=O)O. The van der Waals surface area contributed by atoms with Crippen molar-refractivity contribution >= 4 is 17.7 Å². The van der Waals surface area contributed by atoms with Gasteiger partial charge in [0.05, 0.1) is 23.5 Å². The number of hydrogen-bond donors (Lipinski definition) is 3. The summed E-state index contributed by atoms with van der Waals surface area (Å²) < 4.78 is 5.11. The van der Waals surface area contributed by atoms with Crippen LogP contribution in [0.1, 0.15) is 32.8 Å². The fraction of sp³-hybridized carbons (Fsp3) is 0.500. The first-order valence-corrected chi connectivity index (χ1v) is 7.60. The number of nitrogens with one attached hydrogen (secondary N) is 1. The Hall–Kier alpha value is -2.68. The van der Waals surface area contributed by atoms with Gasteiger partial charge in [0.2, 0.25) is 0 Å². The van der Waals surface area contributed by atoms with E-state index in [9.17, 15) is 24.8 Å². The van der Waals surface area contributed by atoms with Crippen LogP contribution in [0, 0.1) is 10.1 Å². The topological polar surface area (TPSA) is 139 Å². The van der Waals surface area contributed by atoms with E-state index in [0.717, 1.165) is 0 Å². The molecule has 0 fully saturated rings. The van der Waals surface area contributed by atoms with Crippen molar-refractivity contribution in [3.63, 3.8) is 0 Å². The molecule has 2 atom stereocenters. The van der Waals surface area contributed by atoms with Gasteiger partial charge in [-0.2, -0.15) is 0 Å². The summed E-state index contributed by atoms with van der Waals surface area (Å²) in [5.74, 6) is -1.23. The number of aliphatic hydroxyl groups is 1. The number of alkyl carbamates (subject to hydrolysis) is 1. The molecule has 0 spiro atoms. The first-order valence-electron chi connectivity index (χ1n) is 7.60. The van der Waals surface area contributed by atoms with Crippen molar-refractivity contribution in [3.8, 4) is 0 Å². The lowest BCUT2D eigenvalue weighted by molar-refractivity contribution is -0.384. The summed E-state index contributed by atoms with van der Waals surface area (Å²) in [5.41, 5.74) is -0.432. The Bertz CT molecular complexity index is 640. The second-order valence-corrected chi connectivity index (χ2v) is 6.55. The standard InChI is InChI=1S/C16H22N2O7/c1-16(2,3)25-15(22)17-12(13(19)9-14(20)21)8-10-5-4-6-11(7-10)18(23)24/h4-7,12-13,19H,8-9H2,1-3H3,(H,17,22)(H,20,21)/t12-,13-/m0/s1. The molecule has 0 heterocycles. The lowest BCUT2D eigenvalue weighted by atomic mass is 9.99. The van der Waals surface area contributed by atoms with E-state index in [-0.39, 0.29) is 12.1 Å². The van der Waals surface area contributed by atoms with Crippen molar-refractivity contribution < 1.29 is 29.5 Å². The van der Waals surface area contributed by atoms with Gasteiger partial charge in [-0.05, 0) is 32.8 Å². The number of carbonyl (C=O) groups is 2. The number of carboxylic acids is 1. The number of aliphatic hydroxyl groups excluding tert-OH is 1. The van der Waals surface area contributed by atoms with Gasteiger partial charge in [0.1, 0.15) is 5.60 Å². The predicted molar refractivity (Wildman–Crippen MR) is 88.2 cm³/mol. The maximum absolute atomic E-state index is 11.9. The van der Waals surface area contributed by atoms with E-state index in [0.29, 0.717) is 5.56 Å². The summed E-state index contributed by atoms with van der Waals surface area (Å²) >= 11 is 0. The number of aliphatic carboxylic acids is 1. The quantitative estimate of drug-likeness (QED) is 0.501. The van der Waals surface area contributed by atoms with Crippen LogP contribution in [0.3, 0.4) is 0 Å². The van der Waals surface area contributed by atoms with Crippen molar-refractivity contribution in [2.45, 2.75) is 51.4 Å². The summed E-state index contributed by atoms with van der Waals surface area (Å²) in [4.78, 5) is 33.0. The Morgan fingerprint density at radius 1 is 1.36 bits per heavy atom. The van der Waals surface area contributed by atoms with Crippen LogP contribution < -0.4 is 5.32 Å². The molecular formula is C16H22N2O7. The summed E-state index contributed by atoms with van der Waals surface area (Å²) in [6.07, 6.45) is -2.78. The highest BCUT2D eigenvalue weighted by atomic mass is 16.6. The minimum Gasteiger partial charge on any atom is -0.481 e. The maximum Gasteiger partial charge on any atom is 0.407 e. The lowest BCUT2D eigenvalue weighted by Crippen LogP contribution is -2.47. The number of benzene rings is 1. The average molecular weight is 354 g/mol. The minimum absolute atomic E-state index is 0.00930. The second kappa shape index (κ2) is 8.43. The van der Waals surface area contributed by atoms with Gasteiger partial charge in [0.15, 0.2) is 0 Å². The average Bonchev–Trinajstić information content (AvgIpc) is 2.44. The minimum atomic E-state index is -1.38. The Labute approximate surface area is 144 Å². The number of ether oxygens (including phenoxy) is 1. The van der Waals surface area contributed by atoms with Gasteiger partial charge < -0.3 is 20.3 Å². The lowest BCUT2D eigenvalue weighted by Gasteiger charge is -2.26. The van der Waals surface area contributed by atoms with Gasteiger partial charge in [-0.3, -0.25) is 14.9 Å². The van der Waals surface area contributed by atoms with Gasteiger partial charge in [0, 0.05) is 12.1 Å². The van der Waals surface area contributed by atoms with E-state index in [1.807, 2.05) is 0 Å². The largest absolute Gasteiger partial charge is 0.481 e. The van der Waals surface area contributed by atoms with Gasteiger partial charge in [-0.25, -0.2) is 4.79 Å². The van der Waals surface area contributed by atoms with E-state index in [1.54, 1.807) is 26.8 Å². The zero-order valence-corrected chi connectivity index (χ0v) is 14.3. The highest BCUT2D eigenvalue weighted by Gasteiger charge is 2.27. The number of carboxylic acid groups (broad SMARTS) is 1. The molecule has 1 aromatic rings. The van der Waals surface area contributed by atoms with E-state index >= 15 is 0 Å². The van der Waals surface area contributed by atoms with Crippen molar-refractivity contribution in [3.05, 3.63) is 39.9 Å². The van der Waals surface area contributed by atoms with Crippen LogP contribution in [0.2, 0.25) is 0 Å². The molecule has 0 radical (unpaired) electrons. The number of nitrogens with zero attached hydrogens (tertiary/aromatic N) is 1. The van der Waals surface area contributed by atoms with Crippen molar-refractivity contribution in [1.82, 2.24) is 5.32 Å². The van der Waals surface area contributed by atoms with Crippen LogP contribution in [0.5, 0.6) is 0 Å². The molecule has 0 aliphatic rings. The normalized spacial score (nSPS) is 13.6. The third kappa shape index (κ3) is 7.62. The number of hydrogen-bond acceptors (Lipinski definition) is 6. The van der Waals surface area contributed by atoms with Crippen LogP contribution in [0.4, 0.5) is 10.5 Å². The van der Waals surface area contributed by atoms with Crippen LogP contribution in [-0.2, 0) is 16.0 Å². The summed E-state index contributed by atoms with van der Waals surface area (Å²) in [7, 11) is 0. The van der Waals surface area contributed by atoms with E-state index in [2.05, 4.69) is 5.32 Å². The molecule has 9 nitrogen and oxygen atoms in total. The molecular weight excluding hydrogens is 332 g/mol. The monoisotopic (exact) mass is 354 g/mol. The fourth-order valence-electron chi connectivity index (χ4n) is 2.11. The Balaban J connectivity index is 2.94. The number of nitro benzene ring substituents is 1. The molecule has 9 heteroatoms. The highest BCUT2D eigenvalue weighted by molar-refractivity contribution is 5.69. The summed E-state index contributed by atoms with van der Waals surface area (Å²) in [6, 6.07) is 4.70. The molecule has 1 rings (SSSR count). The molecule has 0 aliphatic carbocycles. The van der Waals surface area contributed by atoms with E-state index in [1.165, 1.54) is 18.2 Å². The fourth-order valence-corrected chi connectivity index (χ4v) is 2.11. The molecule has 3 N–H and O–H groups in total. The molecule has 25 heavy (non-hydrogen) atoms. The number of carbonyl (C=O) groups excluding carboxylic acids is 1. The molecule has 0 saturated heterocycles. The third-order valence-electron chi connectivity index (χ3n) is 3.13. The van der Waals surface area contributed by atoms with Gasteiger partial charge >= 0.3 is 12.1 Å². The predicted octanol–water partition coefficient (Wildman–Crippen LogP) is 1.87.